The number of pyridine rings is 1. The molecule has 2 amide bonds. The zero-order valence-corrected chi connectivity index (χ0v) is 14.4. The van der Waals surface area contributed by atoms with Gasteiger partial charge in [0.15, 0.2) is 0 Å². The molecule has 0 radical (unpaired) electrons. The summed E-state index contributed by atoms with van der Waals surface area (Å²) in [6, 6.07) is 3.49. The molecule has 0 bridgehead atoms. The molecule has 0 spiro atoms. The zero-order chi connectivity index (χ0) is 16.3. The molecule has 1 aromatic rings. The quantitative estimate of drug-likeness (QED) is 0.924. The molecule has 1 unspecified atom stereocenters. The molecule has 2 heterocycles. The van der Waals surface area contributed by atoms with Crippen LogP contribution in [-0.4, -0.2) is 39.4 Å². The van der Waals surface area contributed by atoms with Crippen LogP contribution in [0.2, 0.25) is 0 Å². The molecule has 0 saturated carbocycles. The van der Waals surface area contributed by atoms with E-state index in [1.54, 1.807) is 22.9 Å². The minimum Gasteiger partial charge on any atom is -0.350 e. The normalized spacial score (nSPS) is 18.4. The van der Waals surface area contributed by atoms with Gasteiger partial charge in [0.2, 0.25) is 11.8 Å². The van der Waals surface area contributed by atoms with E-state index >= 15 is 0 Å². The summed E-state index contributed by atoms with van der Waals surface area (Å²) in [5.41, 5.74) is 1.44. The van der Waals surface area contributed by atoms with E-state index in [4.69, 9.17) is 0 Å². The Balaban J connectivity index is 1.96. The molecule has 22 heavy (non-hydrogen) atoms. The summed E-state index contributed by atoms with van der Waals surface area (Å²) < 4.78 is 0. The van der Waals surface area contributed by atoms with Crippen molar-refractivity contribution >= 4 is 23.6 Å². The second kappa shape index (κ2) is 6.69. The standard InChI is InChI=1S/C16H23N3O2S/c1-11-5-6-12(7-17-11)8-18-14(20)13-9-22-10-19(13)15(21)16(2,3)4/h5-7,13H,8-10H2,1-4H3,(H,18,20). The van der Waals surface area contributed by atoms with Gasteiger partial charge in [-0.1, -0.05) is 26.8 Å². The van der Waals surface area contributed by atoms with Crippen LogP contribution in [0.3, 0.4) is 0 Å². The number of rotatable bonds is 3. The lowest BCUT2D eigenvalue weighted by molar-refractivity contribution is -0.144. The van der Waals surface area contributed by atoms with Crippen molar-refractivity contribution in [2.75, 3.05) is 11.6 Å². The smallest absolute Gasteiger partial charge is 0.243 e. The van der Waals surface area contributed by atoms with Gasteiger partial charge in [-0.2, -0.15) is 0 Å². The summed E-state index contributed by atoms with van der Waals surface area (Å²) in [5, 5.41) is 2.91. The lowest BCUT2D eigenvalue weighted by Gasteiger charge is -2.29. The number of amides is 2. The van der Waals surface area contributed by atoms with Crippen molar-refractivity contribution in [2.45, 2.75) is 40.3 Å². The third-order valence-corrected chi connectivity index (χ3v) is 4.54. The number of carbonyl (C=O) groups excluding carboxylic acids is 2. The van der Waals surface area contributed by atoms with Gasteiger partial charge in [0.25, 0.3) is 0 Å². The molecule has 1 fully saturated rings. The Labute approximate surface area is 135 Å². The Kier molecular flexibility index (Phi) is 5.11. The highest BCUT2D eigenvalue weighted by Gasteiger charge is 2.38. The highest BCUT2D eigenvalue weighted by Crippen LogP contribution is 2.27. The van der Waals surface area contributed by atoms with E-state index in [1.165, 1.54) is 0 Å². The van der Waals surface area contributed by atoms with Crippen molar-refractivity contribution < 1.29 is 9.59 Å². The maximum atomic E-state index is 12.4. The summed E-state index contributed by atoms with van der Waals surface area (Å²) >= 11 is 1.62. The molecule has 0 aromatic carbocycles. The van der Waals surface area contributed by atoms with Gasteiger partial charge in [0.05, 0.1) is 5.88 Å². The van der Waals surface area contributed by atoms with E-state index < -0.39 is 5.41 Å². The SMILES string of the molecule is Cc1ccc(CNC(=O)C2CSCN2C(=O)C(C)(C)C)cn1. The third kappa shape index (κ3) is 4.00. The molecular formula is C16H23N3O2S. The predicted octanol–water partition coefficient (Wildman–Crippen LogP) is 1.95. The number of hydrogen-bond acceptors (Lipinski definition) is 4. The fourth-order valence-electron chi connectivity index (χ4n) is 2.20. The second-order valence-electron chi connectivity index (χ2n) is 6.57. The molecule has 1 aromatic heterocycles. The maximum Gasteiger partial charge on any atom is 0.243 e. The van der Waals surface area contributed by atoms with E-state index in [1.807, 2.05) is 39.8 Å². The summed E-state index contributed by atoms with van der Waals surface area (Å²) in [4.78, 5) is 30.7. The Morgan fingerprint density at radius 2 is 2.14 bits per heavy atom. The summed E-state index contributed by atoms with van der Waals surface area (Å²) in [6.07, 6.45) is 1.76. The van der Waals surface area contributed by atoms with Crippen LogP contribution in [0.4, 0.5) is 0 Å². The van der Waals surface area contributed by atoms with Gasteiger partial charge in [-0.15, -0.1) is 11.8 Å². The van der Waals surface area contributed by atoms with Crippen LogP contribution in [0.1, 0.15) is 32.0 Å². The van der Waals surface area contributed by atoms with Crippen LogP contribution >= 0.6 is 11.8 Å². The fourth-order valence-corrected chi connectivity index (χ4v) is 3.35. The first kappa shape index (κ1) is 16.8. The van der Waals surface area contributed by atoms with Crippen LogP contribution < -0.4 is 5.32 Å². The van der Waals surface area contributed by atoms with E-state index in [0.717, 1.165) is 11.3 Å². The Morgan fingerprint density at radius 1 is 1.41 bits per heavy atom. The first-order valence-electron chi connectivity index (χ1n) is 7.37. The molecule has 5 nitrogen and oxygen atoms in total. The van der Waals surface area contributed by atoms with Crippen LogP contribution in [0, 0.1) is 12.3 Å². The second-order valence-corrected chi connectivity index (χ2v) is 7.57. The van der Waals surface area contributed by atoms with Crippen molar-refractivity contribution in [1.82, 2.24) is 15.2 Å². The minimum atomic E-state index is -0.468. The highest BCUT2D eigenvalue weighted by atomic mass is 32.2. The van der Waals surface area contributed by atoms with Gasteiger partial charge < -0.3 is 10.2 Å². The average molecular weight is 321 g/mol. The van der Waals surface area contributed by atoms with Crippen LogP contribution in [0.25, 0.3) is 0 Å². The monoisotopic (exact) mass is 321 g/mol. The number of hydrogen-bond donors (Lipinski definition) is 1. The molecule has 120 valence electrons. The third-order valence-electron chi connectivity index (χ3n) is 3.53. The van der Waals surface area contributed by atoms with Gasteiger partial charge in [0, 0.05) is 29.6 Å². The molecule has 1 aliphatic heterocycles. The van der Waals surface area contributed by atoms with Gasteiger partial charge in [0.1, 0.15) is 6.04 Å². The van der Waals surface area contributed by atoms with Crippen LogP contribution in [0.15, 0.2) is 18.3 Å². The molecule has 1 saturated heterocycles. The van der Waals surface area contributed by atoms with Gasteiger partial charge in [-0.05, 0) is 18.6 Å². The number of nitrogens with zero attached hydrogens (tertiary/aromatic N) is 2. The average Bonchev–Trinajstić information content (AvgIpc) is 2.93. The van der Waals surface area contributed by atoms with E-state index in [-0.39, 0.29) is 17.9 Å². The molecular weight excluding hydrogens is 298 g/mol. The van der Waals surface area contributed by atoms with Crippen LogP contribution in [0.5, 0.6) is 0 Å². The first-order valence-corrected chi connectivity index (χ1v) is 8.52. The molecule has 1 atom stereocenters. The van der Waals surface area contributed by atoms with Crippen molar-refractivity contribution in [3.63, 3.8) is 0 Å². The van der Waals surface area contributed by atoms with Gasteiger partial charge in [-0.3, -0.25) is 14.6 Å². The van der Waals surface area contributed by atoms with Crippen molar-refractivity contribution in [3.8, 4) is 0 Å². The molecule has 1 N–H and O–H groups in total. The van der Waals surface area contributed by atoms with Gasteiger partial charge in [-0.25, -0.2) is 0 Å². The first-order chi connectivity index (χ1) is 10.3. The van der Waals surface area contributed by atoms with E-state index in [9.17, 15) is 9.59 Å². The summed E-state index contributed by atoms with van der Waals surface area (Å²) in [7, 11) is 0. The number of aryl methyl sites for hydroxylation is 1. The number of nitrogens with one attached hydrogen (secondary N) is 1. The molecule has 1 aliphatic rings. The molecule has 0 aliphatic carbocycles. The number of thioether (sulfide) groups is 1. The lowest BCUT2D eigenvalue weighted by Crippen LogP contribution is -2.50. The fraction of sp³-hybridized carbons (Fsp3) is 0.562. The summed E-state index contributed by atoms with van der Waals surface area (Å²) in [5.74, 6) is 1.16. The van der Waals surface area contributed by atoms with Crippen molar-refractivity contribution in [3.05, 3.63) is 29.6 Å². The largest absolute Gasteiger partial charge is 0.350 e. The Morgan fingerprint density at radius 3 is 2.73 bits per heavy atom. The highest BCUT2D eigenvalue weighted by molar-refractivity contribution is 7.99. The number of aromatic nitrogens is 1. The zero-order valence-electron chi connectivity index (χ0n) is 13.5. The number of carbonyl (C=O) groups is 2. The lowest BCUT2D eigenvalue weighted by atomic mass is 9.94. The Bertz CT molecular complexity index is 552. The van der Waals surface area contributed by atoms with E-state index in [2.05, 4.69) is 10.3 Å². The van der Waals surface area contributed by atoms with Crippen LogP contribution in [-0.2, 0) is 16.1 Å². The maximum absolute atomic E-state index is 12.4. The predicted molar refractivity (Wildman–Crippen MR) is 88.2 cm³/mol. The molecule has 2 rings (SSSR count). The topological polar surface area (TPSA) is 62.3 Å². The van der Waals surface area contributed by atoms with Gasteiger partial charge >= 0.3 is 0 Å². The van der Waals surface area contributed by atoms with Crippen molar-refractivity contribution in [1.29, 1.82) is 0 Å². The van der Waals surface area contributed by atoms with Crippen molar-refractivity contribution in [2.24, 2.45) is 5.41 Å². The summed E-state index contributed by atoms with van der Waals surface area (Å²) in [6.45, 7) is 8.00. The molecule has 6 heteroatoms. The Hall–Kier alpha value is -1.56. The van der Waals surface area contributed by atoms with E-state index in [0.29, 0.717) is 18.2 Å². The minimum absolute atomic E-state index is 0.0228.